The summed E-state index contributed by atoms with van der Waals surface area (Å²) in [7, 11) is 0. The van der Waals surface area contributed by atoms with Crippen LogP contribution in [0.3, 0.4) is 0 Å². The van der Waals surface area contributed by atoms with Crippen LogP contribution in [0.1, 0.15) is 23.0 Å². The summed E-state index contributed by atoms with van der Waals surface area (Å²) in [6.45, 7) is 4.33. The molecular weight excluding hydrogens is 352 g/mol. The van der Waals surface area contributed by atoms with E-state index in [-0.39, 0.29) is 5.91 Å². The summed E-state index contributed by atoms with van der Waals surface area (Å²) in [6, 6.07) is 20.7. The van der Waals surface area contributed by atoms with Gasteiger partial charge in [-0.15, -0.1) is 0 Å². The van der Waals surface area contributed by atoms with Crippen molar-refractivity contribution in [2.75, 3.05) is 11.9 Å². The highest BCUT2D eigenvalue weighted by molar-refractivity contribution is 6.04. The van der Waals surface area contributed by atoms with E-state index < -0.39 is 0 Å². The topological polar surface area (TPSA) is 69.0 Å². The highest BCUT2D eigenvalue weighted by atomic mass is 16.5. The van der Waals surface area contributed by atoms with E-state index in [4.69, 9.17) is 4.74 Å². The molecule has 2 heterocycles. The van der Waals surface area contributed by atoms with E-state index in [1.54, 1.807) is 22.9 Å². The van der Waals surface area contributed by atoms with E-state index in [0.29, 0.717) is 29.6 Å². The van der Waals surface area contributed by atoms with Crippen molar-refractivity contribution in [2.24, 2.45) is 0 Å². The first-order chi connectivity index (χ1) is 13.6. The molecule has 0 aliphatic carbocycles. The molecule has 2 aromatic carbocycles. The predicted octanol–water partition coefficient (Wildman–Crippen LogP) is 4.38. The lowest BCUT2D eigenvalue weighted by atomic mass is 10.2. The van der Waals surface area contributed by atoms with Gasteiger partial charge in [-0.05, 0) is 50.2 Å². The predicted molar refractivity (Wildman–Crippen MR) is 109 cm³/mol. The normalized spacial score (nSPS) is 10.8. The number of hydrogen-bond donors (Lipinski definition) is 1. The van der Waals surface area contributed by atoms with Gasteiger partial charge in [0.05, 0.1) is 17.8 Å². The number of aryl methyl sites for hydroxylation is 1. The molecule has 0 saturated heterocycles. The monoisotopic (exact) mass is 372 g/mol. The number of hydrogen-bond acceptors (Lipinski definition) is 4. The first kappa shape index (κ1) is 17.7. The van der Waals surface area contributed by atoms with Crippen molar-refractivity contribution in [1.29, 1.82) is 0 Å². The number of carbonyl (C=O) groups is 1. The van der Waals surface area contributed by atoms with Gasteiger partial charge in [-0.25, -0.2) is 4.98 Å². The lowest BCUT2D eigenvalue weighted by molar-refractivity contribution is 0.102. The average molecular weight is 372 g/mol. The minimum Gasteiger partial charge on any atom is -0.494 e. The van der Waals surface area contributed by atoms with Gasteiger partial charge in [0.2, 0.25) is 0 Å². The smallest absolute Gasteiger partial charge is 0.256 e. The molecule has 1 amide bonds. The second-order valence-corrected chi connectivity index (χ2v) is 6.36. The Bertz CT molecular complexity index is 1150. The fourth-order valence-corrected chi connectivity index (χ4v) is 3.02. The maximum atomic E-state index is 12.7. The highest BCUT2D eigenvalue weighted by Crippen LogP contribution is 2.20. The SMILES string of the molecule is CCOc1cccc(C(=O)Nc2cc(C)nn2-c2ccc3ccccc3n2)c1. The Kier molecular flexibility index (Phi) is 4.76. The Morgan fingerprint density at radius 1 is 1.07 bits per heavy atom. The summed E-state index contributed by atoms with van der Waals surface area (Å²) in [5, 5.41) is 8.48. The Morgan fingerprint density at radius 2 is 1.93 bits per heavy atom. The quantitative estimate of drug-likeness (QED) is 0.564. The number of pyridine rings is 1. The molecule has 0 aliphatic rings. The fraction of sp³-hybridized carbons (Fsp3) is 0.136. The molecule has 0 aliphatic heterocycles. The van der Waals surface area contributed by atoms with E-state index in [1.807, 2.05) is 62.4 Å². The van der Waals surface area contributed by atoms with Gasteiger partial charge in [0.15, 0.2) is 5.82 Å². The van der Waals surface area contributed by atoms with Crippen LogP contribution in [0, 0.1) is 6.92 Å². The van der Waals surface area contributed by atoms with Gasteiger partial charge in [-0.3, -0.25) is 4.79 Å². The van der Waals surface area contributed by atoms with E-state index in [1.165, 1.54) is 0 Å². The third-order valence-corrected chi connectivity index (χ3v) is 4.28. The molecule has 0 radical (unpaired) electrons. The molecule has 0 spiro atoms. The lowest BCUT2D eigenvalue weighted by Gasteiger charge is -2.10. The molecule has 1 N–H and O–H groups in total. The Balaban J connectivity index is 1.65. The standard InChI is InChI=1S/C22H20N4O2/c1-3-28-18-9-6-8-17(14-18)22(27)24-21-13-15(2)25-26(21)20-12-11-16-7-4-5-10-19(16)23-20/h4-14H,3H2,1-2H3,(H,24,27). The molecule has 4 aromatic rings. The Hall–Kier alpha value is -3.67. The molecule has 0 fully saturated rings. The summed E-state index contributed by atoms with van der Waals surface area (Å²) < 4.78 is 7.12. The third-order valence-electron chi connectivity index (χ3n) is 4.28. The largest absolute Gasteiger partial charge is 0.494 e. The zero-order valence-electron chi connectivity index (χ0n) is 15.7. The van der Waals surface area contributed by atoms with Crippen LogP contribution in [0.5, 0.6) is 5.75 Å². The fourth-order valence-electron chi connectivity index (χ4n) is 3.02. The van der Waals surface area contributed by atoms with Crippen LogP contribution in [0.25, 0.3) is 16.7 Å². The lowest BCUT2D eigenvalue weighted by Crippen LogP contribution is -2.15. The molecule has 4 rings (SSSR count). The van der Waals surface area contributed by atoms with Crippen molar-refractivity contribution in [3.05, 3.63) is 78.0 Å². The molecule has 0 atom stereocenters. The first-order valence-corrected chi connectivity index (χ1v) is 9.11. The van der Waals surface area contributed by atoms with Crippen LogP contribution < -0.4 is 10.1 Å². The number of amides is 1. The third kappa shape index (κ3) is 3.57. The van der Waals surface area contributed by atoms with Crippen LogP contribution in [0.2, 0.25) is 0 Å². The summed E-state index contributed by atoms with van der Waals surface area (Å²) in [5.74, 6) is 1.64. The Morgan fingerprint density at radius 3 is 2.79 bits per heavy atom. The van der Waals surface area contributed by atoms with Crippen LogP contribution in [0.4, 0.5) is 5.82 Å². The molecule has 6 nitrogen and oxygen atoms in total. The second-order valence-electron chi connectivity index (χ2n) is 6.36. The first-order valence-electron chi connectivity index (χ1n) is 9.11. The van der Waals surface area contributed by atoms with Crippen LogP contribution in [-0.4, -0.2) is 27.3 Å². The van der Waals surface area contributed by atoms with Gasteiger partial charge in [0.1, 0.15) is 11.6 Å². The number of nitrogens with one attached hydrogen (secondary N) is 1. The summed E-state index contributed by atoms with van der Waals surface area (Å²) in [6.07, 6.45) is 0. The van der Waals surface area contributed by atoms with E-state index in [9.17, 15) is 4.79 Å². The van der Waals surface area contributed by atoms with Crippen molar-refractivity contribution in [2.45, 2.75) is 13.8 Å². The molecule has 2 aromatic heterocycles. The highest BCUT2D eigenvalue weighted by Gasteiger charge is 2.14. The molecule has 140 valence electrons. The molecular formula is C22H20N4O2. The summed E-state index contributed by atoms with van der Waals surface area (Å²) >= 11 is 0. The van der Waals surface area contributed by atoms with Crippen molar-refractivity contribution in [3.63, 3.8) is 0 Å². The van der Waals surface area contributed by atoms with Gasteiger partial charge in [0, 0.05) is 17.0 Å². The van der Waals surface area contributed by atoms with Gasteiger partial charge in [0.25, 0.3) is 5.91 Å². The summed E-state index contributed by atoms with van der Waals surface area (Å²) in [5.41, 5.74) is 2.17. The summed E-state index contributed by atoms with van der Waals surface area (Å²) in [4.78, 5) is 17.4. The maximum absolute atomic E-state index is 12.7. The van der Waals surface area contributed by atoms with Gasteiger partial charge in [-0.2, -0.15) is 9.78 Å². The minimum absolute atomic E-state index is 0.233. The zero-order chi connectivity index (χ0) is 19.5. The number of aromatic nitrogens is 3. The van der Waals surface area contributed by atoms with Crippen molar-refractivity contribution >= 4 is 22.6 Å². The van der Waals surface area contributed by atoms with Gasteiger partial charge >= 0.3 is 0 Å². The van der Waals surface area contributed by atoms with E-state index >= 15 is 0 Å². The van der Waals surface area contributed by atoms with Crippen LogP contribution >= 0.6 is 0 Å². The van der Waals surface area contributed by atoms with E-state index in [0.717, 1.165) is 16.6 Å². The van der Waals surface area contributed by atoms with Crippen LogP contribution in [0.15, 0.2) is 66.7 Å². The van der Waals surface area contributed by atoms with Crippen molar-refractivity contribution < 1.29 is 9.53 Å². The molecule has 28 heavy (non-hydrogen) atoms. The average Bonchev–Trinajstić information content (AvgIpc) is 3.08. The molecule has 6 heteroatoms. The number of ether oxygens (including phenoxy) is 1. The Labute approximate surface area is 162 Å². The number of carbonyl (C=O) groups excluding carboxylic acids is 1. The number of fused-ring (bicyclic) bond motifs is 1. The van der Waals surface area contributed by atoms with Crippen molar-refractivity contribution in [3.8, 4) is 11.6 Å². The minimum atomic E-state index is -0.233. The number of anilines is 1. The number of para-hydroxylation sites is 1. The number of nitrogens with zero attached hydrogens (tertiary/aromatic N) is 3. The van der Waals surface area contributed by atoms with Gasteiger partial charge in [-0.1, -0.05) is 24.3 Å². The van der Waals surface area contributed by atoms with Crippen molar-refractivity contribution in [1.82, 2.24) is 14.8 Å². The molecule has 0 bridgehead atoms. The molecule has 0 unspecified atom stereocenters. The number of benzene rings is 2. The zero-order valence-corrected chi connectivity index (χ0v) is 15.7. The van der Waals surface area contributed by atoms with Crippen LogP contribution in [-0.2, 0) is 0 Å². The maximum Gasteiger partial charge on any atom is 0.256 e. The van der Waals surface area contributed by atoms with E-state index in [2.05, 4.69) is 15.4 Å². The number of rotatable bonds is 5. The molecule has 0 saturated carbocycles. The van der Waals surface area contributed by atoms with Gasteiger partial charge < -0.3 is 10.1 Å². The second kappa shape index (κ2) is 7.52.